The van der Waals surface area contributed by atoms with Crippen LogP contribution in [-0.2, 0) is 16.4 Å². The van der Waals surface area contributed by atoms with E-state index in [9.17, 15) is 13.2 Å². The Morgan fingerprint density at radius 1 is 1.07 bits per heavy atom. The van der Waals surface area contributed by atoms with E-state index in [1.807, 2.05) is 18.2 Å². The van der Waals surface area contributed by atoms with Crippen molar-refractivity contribution in [2.24, 2.45) is 0 Å². The van der Waals surface area contributed by atoms with Crippen LogP contribution in [0.25, 0.3) is 0 Å². The van der Waals surface area contributed by atoms with Crippen molar-refractivity contribution in [3.05, 3.63) is 52.5 Å². The fourth-order valence-corrected chi connectivity index (χ4v) is 5.17. The number of rotatable bonds is 8. The fraction of sp³-hybridized carbons (Fsp3) is 0.381. The molecule has 0 bridgehead atoms. The van der Waals surface area contributed by atoms with Crippen molar-refractivity contribution in [1.29, 1.82) is 0 Å². The summed E-state index contributed by atoms with van der Waals surface area (Å²) >= 11 is 6.13. The van der Waals surface area contributed by atoms with E-state index in [0.717, 1.165) is 11.3 Å². The zero-order chi connectivity index (χ0) is 21.7. The standard InChI is InChI=1S/C21H25ClN2O5S/c1-3-24(4-2)30(26,27)20-14-16(6-7-17(20)22)21(25)23-10-9-15-5-8-18-19(13-15)29-12-11-28-18/h5-8,13-14H,3-4,9-12H2,1-2H3,(H,23,25). The van der Waals surface area contributed by atoms with Crippen LogP contribution in [0.3, 0.4) is 0 Å². The third kappa shape index (κ3) is 4.88. The SMILES string of the molecule is CCN(CC)S(=O)(=O)c1cc(C(=O)NCCc2ccc3c(c2)OCCO3)ccc1Cl. The summed E-state index contributed by atoms with van der Waals surface area (Å²) in [4.78, 5) is 12.5. The molecule has 9 heteroatoms. The van der Waals surface area contributed by atoms with Gasteiger partial charge in [0.25, 0.3) is 5.91 Å². The molecule has 0 saturated heterocycles. The van der Waals surface area contributed by atoms with E-state index in [1.165, 1.54) is 22.5 Å². The third-order valence-corrected chi connectivity index (χ3v) is 7.35. The minimum atomic E-state index is -3.76. The number of fused-ring (bicyclic) bond motifs is 1. The summed E-state index contributed by atoms with van der Waals surface area (Å²) in [6, 6.07) is 9.97. The van der Waals surface area contributed by atoms with E-state index < -0.39 is 10.0 Å². The topological polar surface area (TPSA) is 84.9 Å². The van der Waals surface area contributed by atoms with E-state index >= 15 is 0 Å². The first-order chi connectivity index (χ1) is 14.4. The number of nitrogens with one attached hydrogen (secondary N) is 1. The van der Waals surface area contributed by atoms with Crippen molar-refractivity contribution in [2.75, 3.05) is 32.8 Å². The van der Waals surface area contributed by atoms with Gasteiger partial charge in [0.1, 0.15) is 18.1 Å². The summed E-state index contributed by atoms with van der Waals surface area (Å²) in [7, 11) is -3.76. The van der Waals surface area contributed by atoms with Crippen molar-refractivity contribution in [1.82, 2.24) is 9.62 Å². The first kappa shape index (κ1) is 22.4. The summed E-state index contributed by atoms with van der Waals surface area (Å²) in [5.74, 6) is 1.06. The van der Waals surface area contributed by atoms with E-state index in [4.69, 9.17) is 21.1 Å². The summed E-state index contributed by atoms with van der Waals surface area (Å²) in [5.41, 5.74) is 1.24. The van der Waals surface area contributed by atoms with Gasteiger partial charge >= 0.3 is 0 Å². The fourth-order valence-electron chi connectivity index (χ4n) is 3.21. The minimum Gasteiger partial charge on any atom is -0.486 e. The Hall–Kier alpha value is -2.29. The average molecular weight is 453 g/mol. The minimum absolute atomic E-state index is 0.0626. The van der Waals surface area contributed by atoms with Crippen molar-refractivity contribution < 1.29 is 22.7 Å². The van der Waals surface area contributed by atoms with E-state index in [0.29, 0.717) is 45.0 Å². The Kier molecular flexibility index (Phi) is 7.23. The summed E-state index contributed by atoms with van der Waals surface area (Å²) in [6.07, 6.45) is 0.598. The van der Waals surface area contributed by atoms with Crippen LogP contribution in [-0.4, -0.2) is 51.5 Å². The molecule has 0 radical (unpaired) electrons. The molecule has 162 valence electrons. The average Bonchev–Trinajstić information content (AvgIpc) is 2.74. The molecule has 7 nitrogen and oxygen atoms in total. The molecule has 30 heavy (non-hydrogen) atoms. The maximum Gasteiger partial charge on any atom is 0.251 e. The van der Waals surface area contributed by atoms with Crippen LogP contribution >= 0.6 is 11.6 Å². The Labute approximate surface area is 182 Å². The zero-order valence-electron chi connectivity index (χ0n) is 17.0. The molecule has 1 amide bonds. The molecule has 2 aromatic carbocycles. The maximum absolute atomic E-state index is 12.8. The van der Waals surface area contributed by atoms with Crippen LogP contribution in [0.1, 0.15) is 29.8 Å². The van der Waals surface area contributed by atoms with Crippen LogP contribution in [0.15, 0.2) is 41.3 Å². The number of ether oxygens (including phenoxy) is 2. The molecular formula is C21H25ClN2O5S. The number of carbonyl (C=O) groups is 1. The van der Waals surface area contributed by atoms with Gasteiger partial charge < -0.3 is 14.8 Å². The van der Waals surface area contributed by atoms with Gasteiger partial charge in [-0.15, -0.1) is 0 Å². The quantitative estimate of drug-likeness (QED) is 0.665. The molecule has 1 aliphatic rings. The second kappa shape index (κ2) is 9.68. The molecular weight excluding hydrogens is 428 g/mol. The van der Waals surface area contributed by atoms with Crippen LogP contribution in [0.4, 0.5) is 0 Å². The van der Waals surface area contributed by atoms with Crippen molar-refractivity contribution in [3.63, 3.8) is 0 Å². The molecule has 1 aliphatic heterocycles. The van der Waals surface area contributed by atoms with Gasteiger partial charge in [-0.25, -0.2) is 8.42 Å². The second-order valence-corrected chi connectivity index (χ2v) is 9.03. The van der Waals surface area contributed by atoms with Gasteiger partial charge in [0.05, 0.1) is 5.02 Å². The molecule has 3 rings (SSSR count). The molecule has 0 aliphatic carbocycles. The van der Waals surface area contributed by atoms with Crippen LogP contribution in [0.2, 0.25) is 5.02 Å². The van der Waals surface area contributed by atoms with E-state index in [2.05, 4.69) is 5.32 Å². The lowest BCUT2D eigenvalue weighted by molar-refractivity contribution is 0.0954. The van der Waals surface area contributed by atoms with Gasteiger partial charge in [0.2, 0.25) is 10.0 Å². The van der Waals surface area contributed by atoms with Crippen molar-refractivity contribution in [3.8, 4) is 11.5 Å². The highest BCUT2D eigenvalue weighted by atomic mass is 35.5. The van der Waals surface area contributed by atoms with Gasteiger partial charge in [-0.2, -0.15) is 4.31 Å². The van der Waals surface area contributed by atoms with Gasteiger partial charge in [-0.05, 0) is 42.3 Å². The van der Waals surface area contributed by atoms with Gasteiger partial charge in [0, 0.05) is 25.2 Å². The molecule has 0 atom stereocenters. The Morgan fingerprint density at radius 2 is 1.77 bits per heavy atom. The van der Waals surface area contributed by atoms with Crippen molar-refractivity contribution >= 4 is 27.5 Å². The molecule has 0 fully saturated rings. The Morgan fingerprint density at radius 3 is 2.47 bits per heavy atom. The van der Waals surface area contributed by atoms with E-state index in [-0.39, 0.29) is 21.4 Å². The predicted octanol–water partition coefficient (Wildman–Crippen LogP) is 3.11. The van der Waals surface area contributed by atoms with Crippen molar-refractivity contribution in [2.45, 2.75) is 25.2 Å². The molecule has 1 N–H and O–H groups in total. The number of sulfonamides is 1. The molecule has 0 spiro atoms. The maximum atomic E-state index is 12.8. The monoisotopic (exact) mass is 452 g/mol. The first-order valence-electron chi connectivity index (χ1n) is 9.83. The smallest absolute Gasteiger partial charge is 0.251 e. The second-order valence-electron chi connectivity index (χ2n) is 6.72. The summed E-state index contributed by atoms with van der Waals surface area (Å²) < 4.78 is 38.0. The van der Waals surface area contributed by atoms with Gasteiger partial charge in [-0.3, -0.25) is 4.79 Å². The van der Waals surface area contributed by atoms with Gasteiger partial charge in [0.15, 0.2) is 11.5 Å². The summed E-state index contributed by atoms with van der Waals surface area (Å²) in [5, 5.41) is 2.91. The lowest BCUT2D eigenvalue weighted by Gasteiger charge is -2.19. The molecule has 1 heterocycles. The first-order valence-corrected chi connectivity index (χ1v) is 11.6. The number of benzene rings is 2. The largest absolute Gasteiger partial charge is 0.486 e. The molecule has 0 aromatic heterocycles. The van der Waals surface area contributed by atoms with Crippen LogP contribution < -0.4 is 14.8 Å². The summed E-state index contributed by atoms with van der Waals surface area (Å²) in [6.45, 7) is 5.59. The predicted molar refractivity (Wildman–Crippen MR) is 115 cm³/mol. The normalized spacial score (nSPS) is 13.3. The molecule has 0 unspecified atom stereocenters. The molecule has 2 aromatic rings. The Balaban J connectivity index is 1.67. The number of halogens is 1. The lowest BCUT2D eigenvalue weighted by Crippen LogP contribution is -2.31. The zero-order valence-corrected chi connectivity index (χ0v) is 18.6. The van der Waals surface area contributed by atoms with Gasteiger partial charge in [-0.1, -0.05) is 31.5 Å². The number of hydrogen-bond acceptors (Lipinski definition) is 5. The number of hydrogen-bond donors (Lipinski definition) is 1. The number of carbonyl (C=O) groups excluding carboxylic acids is 1. The lowest BCUT2D eigenvalue weighted by atomic mass is 10.1. The number of nitrogens with zero attached hydrogens (tertiary/aromatic N) is 1. The Bertz CT molecular complexity index is 1020. The molecule has 0 saturated carbocycles. The van der Waals surface area contributed by atoms with E-state index in [1.54, 1.807) is 13.8 Å². The highest BCUT2D eigenvalue weighted by Crippen LogP contribution is 2.31. The highest BCUT2D eigenvalue weighted by molar-refractivity contribution is 7.89. The number of amides is 1. The van der Waals surface area contributed by atoms with Crippen LogP contribution in [0.5, 0.6) is 11.5 Å². The van der Waals surface area contributed by atoms with Crippen LogP contribution in [0, 0.1) is 0 Å². The highest BCUT2D eigenvalue weighted by Gasteiger charge is 2.25. The third-order valence-electron chi connectivity index (χ3n) is 4.82.